The topological polar surface area (TPSA) is 70.6 Å². The molecule has 3 rings (SSSR count). The highest BCUT2D eigenvalue weighted by Crippen LogP contribution is 2.27. The number of rotatable bonds is 4. The van der Waals surface area contributed by atoms with E-state index in [0.717, 1.165) is 4.47 Å². The normalized spacial score (nSPS) is 14.0. The molecule has 1 aliphatic rings. The number of amides is 1. The molecule has 2 aromatic rings. The lowest BCUT2D eigenvalue weighted by atomic mass is 10.3. The van der Waals surface area contributed by atoms with Crippen molar-refractivity contribution in [1.29, 1.82) is 0 Å². The van der Waals surface area contributed by atoms with Gasteiger partial charge in [-0.05, 0) is 41.1 Å². The van der Waals surface area contributed by atoms with Crippen LogP contribution in [0.5, 0.6) is 0 Å². The van der Waals surface area contributed by atoms with E-state index in [1.54, 1.807) is 24.1 Å². The van der Waals surface area contributed by atoms with Crippen molar-refractivity contribution < 1.29 is 13.9 Å². The number of hydrogen-bond donors (Lipinski definition) is 1. The van der Waals surface area contributed by atoms with E-state index in [-0.39, 0.29) is 5.02 Å². The van der Waals surface area contributed by atoms with Crippen molar-refractivity contribution in [3.8, 4) is 0 Å². The molecule has 1 fully saturated rings. The first-order valence-electron chi connectivity index (χ1n) is 8.45. The smallest absolute Gasteiger partial charge is 0.414 e. The van der Waals surface area contributed by atoms with Crippen LogP contribution < -0.4 is 10.2 Å². The molecule has 0 saturated carbocycles. The molecule has 10 heteroatoms. The molecule has 1 N–H and O–H groups in total. The van der Waals surface area contributed by atoms with E-state index in [4.69, 9.17) is 16.3 Å². The molecule has 0 atom stereocenters. The second-order valence-corrected chi connectivity index (χ2v) is 7.42. The number of benzene rings is 1. The van der Waals surface area contributed by atoms with Crippen molar-refractivity contribution in [2.24, 2.45) is 0 Å². The molecule has 0 aliphatic carbocycles. The first-order chi connectivity index (χ1) is 13.3. The Balaban J connectivity index is 1.69. The van der Waals surface area contributed by atoms with Gasteiger partial charge in [-0.15, -0.1) is 0 Å². The maximum Gasteiger partial charge on any atom is 0.414 e. The fraction of sp³-hybridized carbons (Fsp3) is 0.278. The van der Waals surface area contributed by atoms with Crippen molar-refractivity contribution in [2.75, 3.05) is 36.4 Å². The number of nitrogens with one attached hydrogen (secondary N) is 1. The Labute approximate surface area is 175 Å². The molecule has 1 aromatic heterocycles. The zero-order chi connectivity index (χ0) is 20.3. The summed E-state index contributed by atoms with van der Waals surface area (Å²) < 4.78 is 19.1. The number of halogens is 3. The molecule has 0 unspecified atom stereocenters. The van der Waals surface area contributed by atoms with Gasteiger partial charge in [-0.3, -0.25) is 0 Å². The largest absolute Gasteiger partial charge is 0.416 e. The summed E-state index contributed by atoms with van der Waals surface area (Å²) >= 11 is 9.28. The molecule has 2 heterocycles. The number of carbonyl (C=O) groups excluding carboxylic acids is 1. The monoisotopic (exact) mass is 469 g/mol. The second kappa shape index (κ2) is 8.74. The van der Waals surface area contributed by atoms with Gasteiger partial charge in [0.05, 0.1) is 15.3 Å². The summed E-state index contributed by atoms with van der Waals surface area (Å²) in [7, 11) is 0. The summed E-state index contributed by atoms with van der Waals surface area (Å²) in [5.74, 6) is 0.916. The molecule has 148 valence electrons. The SMILES string of the molecule is C=C(C)OC(=O)N1CCN(c2nc(Nc3ccc(F)c(Cl)c3)ncc2Br)CC1. The molecule has 7 nitrogen and oxygen atoms in total. The van der Waals surface area contributed by atoms with Gasteiger partial charge >= 0.3 is 6.09 Å². The lowest BCUT2D eigenvalue weighted by molar-refractivity contribution is 0.126. The highest BCUT2D eigenvalue weighted by molar-refractivity contribution is 9.10. The molecular formula is C18H18BrClFN5O2. The predicted molar refractivity (Wildman–Crippen MR) is 110 cm³/mol. The molecule has 1 amide bonds. The third-order valence-electron chi connectivity index (χ3n) is 4.00. The lowest BCUT2D eigenvalue weighted by Crippen LogP contribution is -2.49. The second-order valence-electron chi connectivity index (χ2n) is 6.16. The number of piperazine rings is 1. The number of nitrogens with zero attached hydrogens (tertiary/aromatic N) is 4. The van der Waals surface area contributed by atoms with Crippen LogP contribution in [-0.4, -0.2) is 47.1 Å². The number of anilines is 3. The van der Waals surface area contributed by atoms with E-state index >= 15 is 0 Å². The minimum atomic E-state index is -0.493. The van der Waals surface area contributed by atoms with Crippen LogP contribution in [0.3, 0.4) is 0 Å². The van der Waals surface area contributed by atoms with Crippen molar-refractivity contribution in [2.45, 2.75) is 6.92 Å². The quantitative estimate of drug-likeness (QED) is 0.660. The molecule has 0 bridgehead atoms. The van der Waals surface area contributed by atoms with Crippen molar-refractivity contribution in [1.82, 2.24) is 14.9 Å². The average Bonchev–Trinajstić information content (AvgIpc) is 2.66. The average molecular weight is 471 g/mol. The highest BCUT2D eigenvalue weighted by atomic mass is 79.9. The molecule has 0 radical (unpaired) electrons. The minimum Gasteiger partial charge on any atom is -0.416 e. The first-order valence-corrected chi connectivity index (χ1v) is 9.62. The van der Waals surface area contributed by atoms with E-state index in [1.807, 2.05) is 4.90 Å². The van der Waals surface area contributed by atoms with Crippen LogP contribution in [0.1, 0.15) is 6.92 Å². The third kappa shape index (κ3) is 4.90. The van der Waals surface area contributed by atoms with E-state index in [1.165, 1.54) is 12.1 Å². The van der Waals surface area contributed by atoms with Gasteiger partial charge in [0, 0.05) is 38.1 Å². The number of allylic oxidation sites excluding steroid dienone is 1. The number of ether oxygens (including phenoxy) is 1. The molecule has 1 aliphatic heterocycles. The summed E-state index contributed by atoms with van der Waals surface area (Å²) in [5, 5.41) is 3.03. The van der Waals surface area contributed by atoms with Crippen LogP contribution in [0.4, 0.5) is 26.6 Å². The Bertz CT molecular complexity index is 906. The van der Waals surface area contributed by atoms with Crippen LogP contribution in [0.2, 0.25) is 5.02 Å². The van der Waals surface area contributed by atoms with Gasteiger partial charge in [0.15, 0.2) is 0 Å². The van der Waals surface area contributed by atoms with Gasteiger partial charge in [0.25, 0.3) is 0 Å². The van der Waals surface area contributed by atoms with Crippen molar-refractivity contribution in [3.63, 3.8) is 0 Å². The van der Waals surface area contributed by atoms with Gasteiger partial charge in [-0.25, -0.2) is 14.2 Å². The van der Waals surface area contributed by atoms with Crippen molar-refractivity contribution >= 4 is 51.1 Å². The Kier molecular flexibility index (Phi) is 6.35. The summed E-state index contributed by atoms with van der Waals surface area (Å²) in [6, 6.07) is 4.29. The predicted octanol–water partition coefficient (Wildman–Crippen LogP) is 4.57. The van der Waals surface area contributed by atoms with Gasteiger partial charge in [-0.2, -0.15) is 4.98 Å². The fourth-order valence-corrected chi connectivity index (χ4v) is 3.28. The highest BCUT2D eigenvalue weighted by Gasteiger charge is 2.24. The van der Waals surface area contributed by atoms with Gasteiger partial charge in [0.2, 0.25) is 5.95 Å². The van der Waals surface area contributed by atoms with E-state index in [0.29, 0.717) is 49.4 Å². The van der Waals surface area contributed by atoms with E-state index < -0.39 is 11.9 Å². The fourth-order valence-electron chi connectivity index (χ4n) is 2.66. The molecule has 1 aromatic carbocycles. The Morgan fingerprint density at radius 2 is 2.07 bits per heavy atom. The maximum absolute atomic E-state index is 13.3. The Hall–Kier alpha value is -2.39. The third-order valence-corrected chi connectivity index (χ3v) is 4.85. The van der Waals surface area contributed by atoms with Gasteiger partial charge in [-0.1, -0.05) is 18.2 Å². The van der Waals surface area contributed by atoms with Gasteiger partial charge in [0.1, 0.15) is 11.6 Å². The number of aromatic nitrogens is 2. The van der Waals surface area contributed by atoms with Gasteiger partial charge < -0.3 is 19.9 Å². The van der Waals surface area contributed by atoms with Crippen LogP contribution in [-0.2, 0) is 4.74 Å². The zero-order valence-corrected chi connectivity index (χ0v) is 17.4. The maximum atomic E-state index is 13.3. The Morgan fingerprint density at radius 1 is 1.36 bits per heavy atom. The summed E-state index contributed by atoms with van der Waals surface area (Å²) in [6.07, 6.45) is 1.24. The number of hydrogen-bond acceptors (Lipinski definition) is 6. The summed E-state index contributed by atoms with van der Waals surface area (Å²) in [4.78, 5) is 24.4. The molecule has 28 heavy (non-hydrogen) atoms. The van der Waals surface area contributed by atoms with Crippen LogP contribution in [0.15, 0.2) is 41.2 Å². The molecule has 1 saturated heterocycles. The first kappa shape index (κ1) is 20.3. The van der Waals surface area contributed by atoms with Crippen molar-refractivity contribution in [3.05, 3.63) is 52.0 Å². The van der Waals surface area contributed by atoms with Crippen LogP contribution >= 0.6 is 27.5 Å². The molecular weight excluding hydrogens is 453 g/mol. The summed E-state index contributed by atoms with van der Waals surface area (Å²) in [5.41, 5.74) is 0.576. The molecule has 0 spiro atoms. The van der Waals surface area contributed by atoms with E-state index in [9.17, 15) is 9.18 Å². The van der Waals surface area contributed by atoms with E-state index in [2.05, 4.69) is 37.8 Å². The number of carbonyl (C=O) groups is 1. The van der Waals surface area contributed by atoms with Crippen LogP contribution in [0, 0.1) is 5.82 Å². The Morgan fingerprint density at radius 3 is 2.71 bits per heavy atom. The zero-order valence-electron chi connectivity index (χ0n) is 15.1. The minimum absolute atomic E-state index is 0.0140. The standard InChI is InChI=1S/C18H18BrClFN5O2/c1-11(2)28-18(27)26-7-5-25(6-8-26)16-13(19)10-22-17(24-16)23-12-3-4-15(21)14(20)9-12/h3-4,9-10H,1,5-8H2,2H3,(H,22,23,24). The lowest BCUT2D eigenvalue weighted by Gasteiger charge is -2.35. The van der Waals surface area contributed by atoms with Crippen LogP contribution in [0.25, 0.3) is 0 Å². The summed E-state index contributed by atoms with van der Waals surface area (Å²) in [6.45, 7) is 7.38.